The van der Waals surface area contributed by atoms with E-state index in [9.17, 15) is 4.79 Å². The molecular formula is C15H26N6O3. The van der Waals surface area contributed by atoms with Gasteiger partial charge >= 0.3 is 6.09 Å². The molecule has 2 N–H and O–H groups in total. The first-order chi connectivity index (χ1) is 11.3. The number of carbonyl (C=O) groups excluding carboxylic acids is 1. The molecule has 0 aromatic carbocycles. The smallest absolute Gasteiger partial charge is 0.410 e. The molecule has 0 aliphatic carbocycles. The number of aryl methyl sites for hydroxylation is 1. The zero-order valence-electron chi connectivity index (χ0n) is 14.9. The fourth-order valence-corrected chi connectivity index (χ4v) is 2.11. The third-order valence-electron chi connectivity index (χ3n) is 3.16. The molecule has 1 aliphatic heterocycles. The number of rotatable bonds is 4. The molecule has 1 aliphatic rings. The molecule has 1 aromatic heterocycles. The van der Waals surface area contributed by atoms with Crippen LogP contribution < -0.4 is 10.6 Å². The predicted octanol–water partition coefficient (Wildman–Crippen LogP) is 1.05. The fourth-order valence-electron chi connectivity index (χ4n) is 2.11. The summed E-state index contributed by atoms with van der Waals surface area (Å²) in [5.41, 5.74) is -0.478. The van der Waals surface area contributed by atoms with Crippen LogP contribution in [0.15, 0.2) is 9.52 Å². The Morgan fingerprint density at radius 2 is 2.17 bits per heavy atom. The van der Waals surface area contributed by atoms with Gasteiger partial charge in [-0.3, -0.25) is 0 Å². The molecule has 0 spiro atoms. The van der Waals surface area contributed by atoms with E-state index in [0.717, 1.165) is 6.54 Å². The Morgan fingerprint density at radius 3 is 2.71 bits per heavy atom. The number of amides is 1. The number of guanidine groups is 1. The molecule has 0 radical (unpaired) electrons. The van der Waals surface area contributed by atoms with Gasteiger partial charge in [0.2, 0.25) is 5.89 Å². The number of hydrogen-bond donors (Lipinski definition) is 2. The van der Waals surface area contributed by atoms with Gasteiger partial charge in [-0.25, -0.2) is 9.79 Å². The normalized spacial score (nSPS) is 15.9. The Labute approximate surface area is 141 Å². The van der Waals surface area contributed by atoms with Crippen molar-refractivity contribution in [2.75, 3.05) is 19.6 Å². The first-order valence-electron chi connectivity index (χ1n) is 8.09. The minimum atomic E-state index is -0.478. The monoisotopic (exact) mass is 338 g/mol. The van der Waals surface area contributed by atoms with E-state index >= 15 is 0 Å². The van der Waals surface area contributed by atoms with Gasteiger partial charge in [-0.05, 0) is 34.6 Å². The SMILES string of the molecule is CCNC(=NCc1nc(C)no1)NC1CN(C(=O)OC(C)(C)C)C1. The molecule has 0 atom stereocenters. The van der Waals surface area contributed by atoms with E-state index in [1.165, 1.54) is 0 Å². The van der Waals surface area contributed by atoms with Crippen LogP contribution in [-0.4, -0.2) is 58.4 Å². The van der Waals surface area contributed by atoms with E-state index in [-0.39, 0.29) is 12.1 Å². The Kier molecular flexibility index (Phi) is 5.63. The second-order valence-electron chi connectivity index (χ2n) is 6.66. The summed E-state index contributed by atoms with van der Waals surface area (Å²) in [6, 6.07) is 0.139. The van der Waals surface area contributed by atoms with Gasteiger partial charge in [-0.15, -0.1) is 0 Å². The minimum Gasteiger partial charge on any atom is -0.444 e. The number of likely N-dealkylation sites (tertiary alicyclic amines) is 1. The van der Waals surface area contributed by atoms with Crippen LogP contribution in [0.4, 0.5) is 4.79 Å². The summed E-state index contributed by atoms with van der Waals surface area (Å²) in [4.78, 5) is 22.1. The van der Waals surface area contributed by atoms with Crippen molar-refractivity contribution in [3.63, 3.8) is 0 Å². The first-order valence-corrected chi connectivity index (χ1v) is 8.09. The molecule has 134 valence electrons. The summed E-state index contributed by atoms with van der Waals surface area (Å²) in [7, 11) is 0. The molecule has 0 bridgehead atoms. The third-order valence-corrected chi connectivity index (χ3v) is 3.16. The van der Waals surface area contributed by atoms with Gasteiger partial charge in [0.25, 0.3) is 0 Å². The summed E-state index contributed by atoms with van der Waals surface area (Å²) < 4.78 is 10.4. The first kappa shape index (κ1) is 18.0. The number of aromatic nitrogens is 2. The second kappa shape index (κ2) is 7.50. The molecule has 9 nitrogen and oxygen atoms in total. The molecule has 1 aromatic rings. The van der Waals surface area contributed by atoms with E-state index in [1.54, 1.807) is 11.8 Å². The maximum Gasteiger partial charge on any atom is 0.410 e. The predicted molar refractivity (Wildman–Crippen MR) is 88.6 cm³/mol. The van der Waals surface area contributed by atoms with Gasteiger partial charge in [-0.1, -0.05) is 5.16 Å². The fraction of sp³-hybridized carbons (Fsp3) is 0.733. The van der Waals surface area contributed by atoms with Crippen LogP contribution in [0.3, 0.4) is 0 Å². The van der Waals surface area contributed by atoms with Crippen LogP contribution in [0.25, 0.3) is 0 Å². The number of ether oxygens (including phenoxy) is 1. The van der Waals surface area contributed by atoms with Crippen molar-refractivity contribution in [1.82, 2.24) is 25.7 Å². The molecule has 1 fully saturated rings. The summed E-state index contributed by atoms with van der Waals surface area (Å²) in [6.07, 6.45) is -0.288. The lowest BCUT2D eigenvalue weighted by molar-refractivity contribution is 0.00701. The van der Waals surface area contributed by atoms with Crippen molar-refractivity contribution in [3.8, 4) is 0 Å². The maximum absolute atomic E-state index is 11.9. The highest BCUT2D eigenvalue weighted by Crippen LogP contribution is 2.15. The number of nitrogens with one attached hydrogen (secondary N) is 2. The average molecular weight is 338 g/mol. The molecule has 24 heavy (non-hydrogen) atoms. The highest BCUT2D eigenvalue weighted by atomic mass is 16.6. The molecule has 2 heterocycles. The minimum absolute atomic E-state index is 0.139. The van der Waals surface area contributed by atoms with Crippen molar-refractivity contribution in [3.05, 3.63) is 11.7 Å². The lowest BCUT2D eigenvalue weighted by Crippen LogP contribution is -2.63. The van der Waals surface area contributed by atoms with E-state index in [1.807, 2.05) is 27.7 Å². The lowest BCUT2D eigenvalue weighted by Gasteiger charge is -2.40. The van der Waals surface area contributed by atoms with Crippen molar-refractivity contribution >= 4 is 12.1 Å². The lowest BCUT2D eigenvalue weighted by atomic mass is 10.1. The van der Waals surface area contributed by atoms with Gasteiger partial charge < -0.3 is 24.8 Å². The third kappa shape index (κ3) is 5.39. The second-order valence-corrected chi connectivity index (χ2v) is 6.66. The largest absolute Gasteiger partial charge is 0.444 e. The number of nitrogens with zero attached hydrogens (tertiary/aromatic N) is 4. The zero-order chi connectivity index (χ0) is 17.7. The van der Waals surface area contributed by atoms with Crippen LogP contribution in [0.2, 0.25) is 0 Å². The highest BCUT2D eigenvalue weighted by molar-refractivity contribution is 5.80. The highest BCUT2D eigenvalue weighted by Gasteiger charge is 2.34. The summed E-state index contributed by atoms with van der Waals surface area (Å²) >= 11 is 0. The van der Waals surface area contributed by atoms with Crippen molar-refractivity contribution in [2.45, 2.75) is 52.8 Å². The molecule has 2 rings (SSSR count). The van der Waals surface area contributed by atoms with Crippen LogP contribution in [0.1, 0.15) is 39.4 Å². The van der Waals surface area contributed by atoms with E-state index in [0.29, 0.717) is 37.3 Å². The summed E-state index contributed by atoms with van der Waals surface area (Å²) in [5.74, 6) is 1.71. The van der Waals surface area contributed by atoms with Gasteiger partial charge in [0.15, 0.2) is 11.8 Å². The van der Waals surface area contributed by atoms with Gasteiger partial charge in [-0.2, -0.15) is 4.98 Å². The maximum atomic E-state index is 11.9. The Hall–Kier alpha value is -2.32. The van der Waals surface area contributed by atoms with E-state index in [2.05, 4.69) is 25.8 Å². The average Bonchev–Trinajstić information content (AvgIpc) is 2.83. The Balaban J connectivity index is 1.81. The molecule has 0 saturated carbocycles. The van der Waals surface area contributed by atoms with Crippen LogP contribution in [0.5, 0.6) is 0 Å². The van der Waals surface area contributed by atoms with Gasteiger partial charge in [0.05, 0.1) is 6.04 Å². The van der Waals surface area contributed by atoms with Crippen molar-refractivity contribution in [2.24, 2.45) is 4.99 Å². The van der Waals surface area contributed by atoms with E-state index in [4.69, 9.17) is 9.26 Å². The van der Waals surface area contributed by atoms with Gasteiger partial charge in [0, 0.05) is 19.6 Å². The van der Waals surface area contributed by atoms with Crippen molar-refractivity contribution < 1.29 is 14.1 Å². The quantitative estimate of drug-likeness (QED) is 0.624. The molecule has 1 saturated heterocycles. The standard InChI is InChI=1S/C15H26N6O3/c1-6-16-13(17-7-12-18-10(2)20-24-12)19-11-8-21(9-11)14(22)23-15(3,4)5/h11H,6-9H2,1-5H3,(H2,16,17,19). The van der Waals surface area contributed by atoms with Gasteiger partial charge in [0.1, 0.15) is 12.1 Å². The number of hydrogen-bond acceptors (Lipinski definition) is 6. The zero-order valence-corrected chi connectivity index (χ0v) is 14.9. The summed E-state index contributed by atoms with van der Waals surface area (Å²) in [5, 5.41) is 10.2. The topological polar surface area (TPSA) is 105 Å². The molecule has 0 unspecified atom stereocenters. The van der Waals surface area contributed by atoms with Crippen LogP contribution >= 0.6 is 0 Å². The Bertz CT molecular complexity index is 586. The van der Waals surface area contributed by atoms with Crippen molar-refractivity contribution in [1.29, 1.82) is 0 Å². The van der Waals surface area contributed by atoms with Crippen LogP contribution in [0, 0.1) is 6.92 Å². The molecule has 1 amide bonds. The molecular weight excluding hydrogens is 312 g/mol. The Morgan fingerprint density at radius 1 is 1.46 bits per heavy atom. The number of aliphatic imine (C=N–C) groups is 1. The number of carbonyl (C=O) groups is 1. The summed E-state index contributed by atoms with van der Waals surface area (Å²) in [6.45, 7) is 11.5. The van der Waals surface area contributed by atoms with E-state index < -0.39 is 5.60 Å². The molecule has 9 heteroatoms. The van der Waals surface area contributed by atoms with Crippen LogP contribution in [-0.2, 0) is 11.3 Å².